The van der Waals surface area contributed by atoms with Crippen molar-refractivity contribution < 1.29 is 13.2 Å². The number of pyridine rings is 1. The Morgan fingerprint density at radius 1 is 0.952 bits per heavy atom. The van der Waals surface area contributed by atoms with Gasteiger partial charge in [-0.05, 0) is 36.2 Å². The van der Waals surface area contributed by atoms with Crippen LogP contribution >= 0.6 is 0 Å². The van der Waals surface area contributed by atoms with Gasteiger partial charge in [0.1, 0.15) is 0 Å². The highest BCUT2D eigenvalue weighted by Gasteiger charge is 2.26. The van der Waals surface area contributed by atoms with Crippen LogP contribution in [0.1, 0.15) is 30.0 Å². The second-order valence-corrected chi connectivity index (χ2v) is 4.80. The first kappa shape index (κ1) is 15.5. The van der Waals surface area contributed by atoms with E-state index in [0.29, 0.717) is 6.54 Å². The fourth-order valence-electron chi connectivity index (χ4n) is 2.16. The zero-order chi connectivity index (χ0) is 15.1. The standard InChI is InChI=1S/C16H17F3N2/c17-16(18,19)9-4-10-21-15(13-5-2-1-3-6-13)14-7-11-20-12-8-14/h1-3,5-8,11-12,15,21H,4,9-10H2. The minimum absolute atomic E-state index is 0.0674. The SMILES string of the molecule is FC(F)(F)CCCNC(c1ccccc1)c1ccncc1. The van der Waals surface area contributed by atoms with Crippen molar-refractivity contribution in [2.45, 2.75) is 25.1 Å². The molecule has 2 nitrogen and oxygen atoms in total. The van der Waals surface area contributed by atoms with Crippen LogP contribution in [0.2, 0.25) is 0 Å². The van der Waals surface area contributed by atoms with Gasteiger partial charge in [0.25, 0.3) is 0 Å². The molecule has 112 valence electrons. The summed E-state index contributed by atoms with van der Waals surface area (Å²) in [7, 11) is 0. The van der Waals surface area contributed by atoms with Gasteiger partial charge in [-0.25, -0.2) is 0 Å². The normalized spacial score (nSPS) is 13.1. The lowest BCUT2D eigenvalue weighted by molar-refractivity contribution is -0.135. The summed E-state index contributed by atoms with van der Waals surface area (Å²) in [6.07, 6.45) is -1.43. The van der Waals surface area contributed by atoms with Crippen LogP contribution in [-0.2, 0) is 0 Å². The number of nitrogens with zero attached hydrogens (tertiary/aromatic N) is 1. The maximum absolute atomic E-state index is 12.2. The number of nitrogens with one attached hydrogen (secondary N) is 1. The predicted molar refractivity (Wildman–Crippen MR) is 75.8 cm³/mol. The molecular formula is C16H17F3N2. The van der Waals surface area contributed by atoms with Crippen molar-refractivity contribution in [2.75, 3.05) is 6.54 Å². The third-order valence-corrected chi connectivity index (χ3v) is 3.16. The molecule has 0 saturated carbocycles. The van der Waals surface area contributed by atoms with E-state index in [1.54, 1.807) is 12.4 Å². The van der Waals surface area contributed by atoms with E-state index in [2.05, 4.69) is 10.3 Å². The molecule has 21 heavy (non-hydrogen) atoms. The van der Waals surface area contributed by atoms with Crippen LogP contribution in [0.4, 0.5) is 13.2 Å². The lowest BCUT2D eigenvalue weighted by atomic mass is 9.99. The van der Waals surface area contributed by atoms with Gasteiger partial charge in [0, 0.05) is 18.8 Å². The summed E-state index contributed by atoms with van der Waals surface area (Å²) in [6, 6.07) is 13.3. The van der Waals surface area contributed by atoms with Crippen LogP contribution in [0.5, 0.6) is 0 Å². The summed E-state index contributed by atoms with van der Waals surface area (Å²) in [5, 5.41) is 3.20. The average molecular weight is 294 g/mol. The van der Waals surface area contributed by atoms with Crippen LogP contribution in [0, 0.1) is 0 Å². The fraction of sp³-hybridized carbons (Fsp3) is 0.312. The van der Waals surface area contributed by atoms with Gasteiger partial charge in [-0.15, -0.1) is 0 Å². The minimum Gasteiger partial charge on any atom is -0.306 e. The van der Waals surface area contributed by atoms with Crippen molar-refractivity contribution in [3.8, 4) is 0 Å². The van der Waals surface area contributed by atoms with E-state index in [-0.39, 0.29) is 12.5 Å². The van der Waals surface area contributed by atoms with E-state index in [9.17, 15) is 13.2 Å². The molecule has 2 aromatic rings. The van der Waals surface area contributed by atoms with Gasteiger partial charge in [0.15, 0.2) is 0 Å². The highest BCUT2D eigenvalue weighted by Crippen LogP contribution is 2.23. The van der Waals surface area contributed by atoms with E-state index < -0.39 is 12.6 Å². The lowest BCUT2D eigenvalue weighted by Gasteiger charge is -2.20. The Balaban J connectivity index is 2.04. The van der Waals surface area contributed by atoms with Crippen molar-refractivity contribution in [1.82, 2.24) is 10.3 Å². The first-order valence-corrected chi connectivity index (χ1v) is 6.81. The van der Waals surface area contributed by atoms with Gasteiger partial charge in [-0.2, -0.15) is 13.2 Å². The van der Waals surface area contributed by atoms with E-state index in [0.717, 1.165) is 11.1 Å². The summed E-state index contributed by atoms with van der Waals surface area (Å²) in [5.41, 5.74) is 2.01. The molecule has 1 aromatic heterocycles. The Labute approximate surface area is 122 Å². The molecule has 1 unspecified atom stereocenters. The number of hydrogen-bond donors (Lipinski definition) is 1. The smallest absolute Gasteiger partial charge is 0.306 e. The monoisotopic (exact) mass is 294 g/mol. The Bertz CT molecular complexity index is 487. The van der Waals surface area contributed by atoms with E-state index in [1.807, 2.05) is 42.5 Å². The van der Waals surface area contributed by atoms with Crippen LogP contribution < -0.4 is 5.32 Å². The van der Waals surface area contributed by atoms with Crippen molar-refractivity contribution in [3.63, 3.8) is 0 Å². The van der Waals surface area contributed by atoms with Crippen LogP contribution in [0.25, 0.3) is 0 Å². The molecule has 1 heterocycles. The highest BCUT2D eigenvalue weighted by atomic mass is 19.4. The zero-order valence-electron chi connectivity index (χ0n) is 11.5. The van der Waals surface area contributed by atoms with Crippen molar-refractivity contribution >= 4 is 0 Å². The van der Waals surface area contributed by atoms with Crippen molar-refractivity contribution in [3.05, 3.63) is 66.0 Å². The first-order chi connectivity index (χ1) is 10.1. The fourth-order valence-corrected chi connectivity index (χ4v) is 2.16. The zero-order valence-corrected chi connectivity index (χ0v) is 11.5. The first-order valence-electron chi connectivity index (χ1n) is 6.81. The maximum atomic E-state index is 12.2. The Kier molecular flexibility index (Phi) is 5.33. The van der Waals surface area contributed by atoms with Gasteiger partial charge in [-0.1, -0.05) is 30.3 Å². The molecule has 0 aliphatic carbocycles. The quantitative estimate of drug-likeness (QED) is 0.811. The van der Waals surface area contributed by atoms with Gasteiger partial charge in [0.2, 0.25) is 0 Å². The van der Waals surface area contributed by atoms with E-state index >= 15 is 0 Å². The number of alkyl halides is 3. The predicted octanol–water partition coefficient (Wildman–Crippen LogP) is 4.10. The summed E-state index contributed by atoms with van der Waals surface area (Å²) < 4.78 is 36.6. The number of aromatic nitrogens is 1. The molecule has 0 aliphatic heterocycles. The Hall–Kier alpha value is -1.88. The van der Waals surface area contributed by atoms with Crippen LogP contribution in [0.15, 0.2) is 54.9 Å². The number of halogens is 3. The molecule has 0 bridgehead atoms. The molecular weight excluding hydrogens is 277 g/mol. The highest BCUT2D eigenvalue weighted by molar-refractivity contribution is 5.30. The van der Waals surface area contributed by atoms with E-state index in [4.69, 9.17) is 0 Å². The molecule has 0 spiro atoms. The maximum Gasteiger partial charge on any atom is 0.389 e. The molecule has 5 heteroatoms. The number of rotatable bonds is 6. The topological polar surface area (TPSA) is 24.9 Å². The summed E-state index contributed by atoms with van der Waals surface area (Å²) in [4.78, 5) is 3.97. The van der Waals surface area contributed by atoms with Gasteiger partial charge >= 0.3 is 6.18 Å². The molecule has 1 atom stereocenters. The summed E-state index contributed by atoms with van der Waals surface area (Å²) >= 11 is 0. The van der Waals surface area contributed by atoms with Gasteiger partial charge in [0.05, 0.1) is 6.04 Å². The minimum atomic E-state index is -4.10. The lowest BCUT2D eigenvalue weighted by Crippen LogP contribution is -2.24. The Morgan fingerprint density at radius 3 is 2.19 bits per heavy atom. The molecule has 2 rings (SSSR count). The molecule has 0 radical (unpaired) electrons. The number of hydrogen-bond acceptors (Lipinski definition) is 2. The number of benzene rings is 1. The molecule has 1 aromatic carbocycles. The van der Waals surface area contributed by atoms with Crippen LogP contribution in [-0.4, -0.2) is 17.7 Å². The average Bonchev–Trinajstić information content (AvgIpc) is 2.48. The molecule has 0 aliphatic rings. The third-order valence-electron chi connectivity index (χ3n) is 3.16. The van der Waals surface area contributed by atoms with Crippen molar-refractivity contribution in [2.24, 2.45) is 0 Å². The van der Waals surface area contributed by atoms with Gasteiger partial charge in [-0.3, -0.25) is 4.98 Å². The molecule has 0 fully saturated rings. The second-order valence-electron chi connectivity index (χ2n) is 4.80. The summed E-state index contributed by atoms with van der Waals surface area (Å²) in [6.45, 7) is 0.307. The third kappa shape index (κ3) is 5.19. The van der Waals surface area contributed by atoms with Crippen molar-refractivity contribution in [1.29, 1.82) is 0 Å². The van der Waals surface area contributed by atoms with Crippen LogP contribution in [0.3, 0.4) is 0 Å². The molecule has 0 amide bonds. The Morgan fingerprint density at radius 2 is 1.57 bits per heavy atom. The largest absolute Gasteiger partial charge is 0.389 e. The van der Waals surface area contributed by atoms with E-state index in [1.165, 1.54) is 0 Å². The van der Waals surface area contributed by atoms with Gasteiger partial charge < -0.3 is 5.32 Å². The molecule has 1 N–H and O–H groups in total. The molecule has 0 saturated heterocycles. The second kappa shape index (κ2) is 7.22. The summed E-state index contributed by atoms with van der Waals surface area (Å²) in [5.74, 6) is 0.